The topological polar surface area (TPSA) is 12.0 Å². The lowest BCUT2D eigenvalue weighted by Crippen LogP contribution is -2.30. The Labute approximate surface area is 72.0 Å². The fourth-order valence-corrected chi connectivity index (χ4v) is 2.81. The molecule has 1 fully saturated rings. The Morgan fingerprint density at radius 2 is 2.20 bits per heavy atom. The second-order valence-electron chi connectivity index (χ2n) is 3.05. The van der Waals surface area contributed by atoms with Crippen LogP contribution in [0.2, 0.25) is 0 Å². The highest BCUT2D eigenvalue weighted by Crippen LogP contribution is 2.28. The first kappa shape index (κ1) is 8.34. The monoisotopic (exact) mass is 175 g/mol. The minimum absolute atomic E-state index is 0.553. The first-order valence-electron chi connectivity index (χ1n) is 3.58. The summed E-state index contributed by atoms with van der Waals surface area (Å²) in [6.45, 7) is 6.67. The average molecular weight is 175 g/mol. The van der Waals surface area contributed by atoms with Gasteiger partial charge in [-0.05, 0) is 12.8 Å². The van der Waals surface area contributed by atoms with E-state index in [4.69, 9.17) is 12.2 Å². The van der Waals surface area contributed by atoms with E-state index in [1.165, 1.54) is 0 Å². The number of nitrogens with one attached hydrogen (secondary N) is 1. The van der Waals surface area contributed by atoms with Gasteiger partial charge < -0.3 is 5.32 Å². The second kappa shape index (κ2) is 3.09. The molecule has 1 heterocycles. The van der Waals surface area contributed by atoms with E-state index in [-0.39, 0.29) is 0 Å². The molecule has 1 aliphatic heterocycles. The number of hydrogen-bond acceptors (Lipinski definition) is 2. The van der Waals surface area contributed by atoms with Gasteiger partial charge in [0.05, 0.1) is 0 Å². The highest BCUT2D eigenvalue weighted by atomic mass is 32.2. The molecule has 58 valence electrons. The molecule has 0 bridgehead atoms. The van der Waals surface area contributed by atoms with Gasteiger partial charge in [0.2, 0.25) is 0 Å². The molecule has 0 spiro atoms. The van der Waals surface area contributed by atoms with Crippen molar-refractivity contribution in [3.8, 4) is 0 Å². The summed E-state index contributed by atoms with van der Waals surface area (Å²) >= 11 is 6.85. The third-order valence-corrected chi connectivity index (χ3v) is 3.70. The van der Waals surface area contributed by atoms with Crippen molar-refractivity contribution in [3.63, 3.8) is 0 Å². The molecule has 0 aromatic carbocycles. The molecule has 10 heavy (non-hydrogen) atoms. The Balaban J connectivity index is 2.54. The zero-order chi connectivity index (χ0) is 7.72. The highest BCUT2D eigenvalue weighted by molar-refractivity contribution is 8.23. The second-order valence-corrected chi connectivity index (χ2v) is 4.90. The minimum Gasteiger partial charge on any atom is -0.367 e. The van der Waals surface area contributed by atoms with E-state index >= 15 is 0 Å². The van der Waals surface area contributed by atoms with Crippen LogP contribution in [0.1, 0.15) is 20.8 Å². The van der Waals surface area contributed by atoms with Crippen LogP contribution in [-0.2, 0) is 0 Å². The van der Waals surface area contributed by atoms with E-state index in [1.807, 2.05) is 0 Å². The van der Waals surface area contributed by atoms with Crippen LogP contribution in [0.25, 0.3) is 0 Å². The Hall–Kier alpha value is 0.240. The minimum atomic E-state index is 0.553. The lowest BCUT2D eigenvalue weighted by atomic mass is 10.1. The molecule has 0 aliphatic carbocycles. The Kier molecular flexibility index (Phi) is 2.58. The van der Waals surface area contributed by atoms with Crippen molar-refractivity contribution in [3.05, 3.63) is 0 Å². The van der Waals surface area contributed by atoms with Crippen LogP contribution >= 0.6 is 24.0 Å². The molecule has 1 nitrogen and oxygen atoms in total. The van der Waals surface area contributed by atoms with Crippen molar-refractivity contribution in [2.24, 2.45) is 5.92 Å². The molecule has 2 atom stereocenters. The zero-order valence-electron chi connectivity index (χ0n) is 6.55. The number of thioether (sulfide) groups is 1. The molecule has 1 saturated heterocycles. The molecule has 2 unspecified atom stereocenters. The standard InChI is InChI=1S/C7H13NS2/c1-4(2)6-5(3)8-7(9)10-6/h4-6H,1-3H3,(H,8,9). The van der Waals surface area contributed by atoms with Crippen LogP contribution in [0.15, 0.2) is 0 Å². The van der Waals surface area contributed by atoms with E-state index < -0.39 is 0 Å². The predicted octanol–water partition coefficient (Wildman–Crippen LogP) is 2.02. The third-order valence-electron chi connectivity index (χ3n) is 1.74. The molecule has 1 aliphatic rings. The van der Waals surface area contributed by atoms with Gasteiger partial charge in [-0.2, -0.15) is 0 Å². The van der Waals surface area contributed by atoms with Crippen molar-refractivity contribution in [2.75, 3.05) is 0 Å². The van der Waals surface area contributed by atoms with E-state index in [1.54, 1.807) is 11.8 Å². The number of thiocarbonyl (C=S) groups is 1. The maximum Gasteiger partial charge on any atom is 0.134 e. The molecular formula is C7H13NS2. The van der Waals surface area contributed by atoms with Gasteiger partial charge in [-0.1, -0.05) is 37.8 Å². The van der Waals surface area contributed by atoms with Gasteiger partial charge in [0.15, 0.2) is 0 Å². The fourth-order valence-electron chi connectivity index (χ4n) is 1.24. The summed E-state index contributed by atoms with van der Waals surface area (Å²) < 4.78 is 0.964. The molecule has 0 saturated carbocycles. The summed E-state index contributed by atoms with van der Waals surface area (Å²) in [5.41, 5.74) is 0. The summed E-state index contributed by atoms with van der Waals surface area (Å²) in [7, 11) is 0. The summed E-state index contributed by atoms with van der Waals surface area (Å²) in [6, 6.07) is 0.553. The predicted molar refractivity (Wildman–Crippen MR) is 51.4 cm³/mol. The molecular weight excluding hydrogens is 162 g/mol. The average Bonchev–Trinajstić information content (AvgIpc) is 2.10. The Bertz CT molecular complexity index is 145. The van der Waals surface area contributed by atoms with Gasteiger partial charge in [0.1, 0.15) is 4.32 Å². The number of hydrogen-bond donors (Lipinski definition) is 1. The normalized spacial score (nSPS) is 33.0. The highest BCUT2D eigenvalue weighted by Gasteiger charge is 2.29. The van der Waals surface area contributed by atoms with Crippen LogP contribution < -0.4 is 5.32 Å². The first-order chi connectivity index (χ1) is 4.61. The summed E-state index contributed by atoms with van der Waals surface area (Å²) in [5.74, 6) is 0.716. The SMILES string of the molecule is CC(C)C1SC(=S)NC1C. The largest absolute Gasteiger partial charge is 0.367 e. The van der Waals surface area contributed by atoms with Crippen LogP contribution in [0.3, 0.4) is 0 Å². The molecule has 1 N–H and O–H groups in total. The summed E-state index contributed by atoms with van der Waals surface area (Å²) in [5, 5.41) is 3.92. The van der Waals surface area contributed by atoms with Crippen LogP contribution in [0.4, 0.5) is 0 Å². The van der Waals surface area contributed by atoms with E-state index in [0.29, 0.717) is 17.2 Å². The lowest BCUT2D eigenvalue weighted by Gasteiger charge is -2.16. The zero-order valence-corrected chi connectivity index (χ0v) is 8.18. The smallest absolute Gasteiger partial charge is 0.134 e. The molecule has 1 rings (SSSR count). The third kappa shape index (κ3) is 1.64. The maximum atomic E-state index is 5.04. The fraction of sp³-hybridized carbons (Fsp3) is 0.857. The molecule has 0 amide bonds. The van der Waals surface area contributed by atoms with Gasteiger partial charge in [0, 0.05) is 11.3 Å². The van der Waals surface area contributed by atoms with Crippen LogP contribution in [0.5, 0.6) is 0 Å². The van der Waals surface area contributed by atoms with Gasteiger partial charge in [-0.3, -0.25) is 0 Å². The molecule has 0 radical (unpaired) electrons. The van der Waals surface area contributed by atoms with Crippen molar-refractivity contribution >= 4 is 28.3 Å². The summed E-state index contributed by atoms with van der Waals surface area (Å²) in [6.07, 6.45) is 0. The first-order valence-corrected chi connectivity index (χ1v) is 4.87. The van der Waals surface area contributed by atoms with Crippen LogP contribution in [-0.4, -0.2) is 15.6 Å². The van der Waals surface area contributed by atoms with E-state index in [9.17, 15) is 0 Å². The van der Waals surface area contributed by atoms with Gasteiger partial charge in [0.25, 0.3) is 0 Å². The summed E-state index contributed by atoms with van der Waals surface area (Å²) in [4.78, 5) is 0. The lowest BCUT2D eigenvalue weighted by molar-refractivity contribution is 0.523. The Morgan fingerprint density at radius 1 is 1.60 bits per heavy atom. The number of rotatable bonds is 1. The Morgan fingerprint density at radius 3 is 2.40 bits per heavy atom. The quantitative estimate of drug-likeness (QED) is 0.612. The van der Waals surface area contributed by atoms with Gasteiger partial charge >= 0.3 is 0 Å². The van der Waals surface area contributed by atoms with Crippen molar-refractivity contribution < 1.29 is 0 Å². The van der Waals surface area contributed by atoms with Gasteiger partial charge in [-0.15, -0.1) is 0 Å². The molecule has 0 aromatic rings. The van der Waals surface area contributed by atoms with Crippen molar-refractivity contribution in [2.45, 2.75) is 32.1 Å². The molecule has 0 aromatic heterocycles. The van der Waals surface area contributed by atoms with Crippen LogP contribution in [0, 0.1) is 5.92 Å². The molecule has 3 heteroatoms. The van der Waals surface area contributed by atoms with Crippen molar-refractivity contribution in [1.29, 1.82) is 0 Å². The van der Waals surface area contributed by atoms with E-state index in [0.717, 1.165) is 4.32 Å². The maximum absolute atomic E-state index is 5.04. The van der Waals surface area contributed by atoms with Crippen molar-refractivity contribution in [1.82, 2.24) is 5.32 Å². The van der Waals surface area contributed by atoms with Gasteiger partial charge in [-0.25, -0.2) is 0 Å². The van der Waals surface area contributed by atoms with E-state index in [2.05, 4.69) is 26.1 Å².